The molecule has 220 valence electrons. The van der Waals surface area contributed by atoms with Gasteiger partial charge in [0.2, 0.25) is 0 Å². The summed E-state index contributed by atoms with van der Waals surface area (Å²) in [7, 11) is 2.08. The molecule has 0 radical (unpaired) electrons. The van der Waals surface area contributed by atoms with E-state index < -0.39 is 0 Å². The van der Waals surface area contributed by atoms with Gasteiger partial charge in [0.05, 0.1) is 0 Å². The molecule has 0 aliphatic carbocycles. The Morgan fingerprint density at radius 3 is 1.19 bits per heavy atom. The summed E-state index contributed by atoms with van der Waals surface area (Å²) < 4.78 is 0. The van der Waals surface area contributed by atoms with Crippen LogP contribution in [0, 0.1) is 41.5 Å². The molecule has 1 atom stereocenters. The van der Waals surface area contributed by atoms with Crippen molar-refractivity contribution in [2.45, 2.75) is 99.1 Å². The minimum atomic E-state index is 0.0433. The van der Waals surface area contributed by atoms with Gasteiger partial charge in [-0.15, -0.1) is 0 Å². The van der Waals surface area contributed by atoms with Crippen LogP contribution in [0.2, 0.25) is 0 Å². The molecule has 0 spiro atoms. The lowest BCUT2D eigenvalue weighted by atomic mass is 9.40. The molecule has 0 aliphatic rings. The second kappa shape index (κ2) is 12.0. The van der Waals surface area contributed by atoms with Gasteiger partial charge in [-0.25, -0.2) is 0 Å². The van der Waals surface area contributed by atoms with Gasteiger partial charge in [0.25, 0.3) is 0 Å². The molecular formula is C41H50B2. The van der Waals surface area contributed by atoms with E-state index in [0.29, 0.717) is 0 Å². The standard InChI is InChI=1S/C41H50B2/c1-11-40(10,36-28(6)22-26(4)23-29(36)7)42-38-32-18-14-16-20-34(32)39(35-21-17-15-19-33(35)38)43-41(12-2,13-3)37-30(8)24-27(5)25-31(37)9/h14-25,42-43H,11-13H2,1-10H3. The second-order valence-electron chi connectivity index (χ2n) is 13.9. The van der Waals surface area contributed by atoms with Crippen molar-refractivity contribution >= 4 is 47.0 Å². The van der Waals surface area contributed by atoms with Gasteiger partial charge in [0, 0.05) is 0 Å². The first kappa shape index (κ1) is 31.2. The molecule has 5 rings (SSSR count). The highest BCUT2D eigenvalue weighted by atomic mass is 14.3. The molecule has 0 saturated carbocycles. The molecule has 43 heavy (non-hydrogen) atoms. The van der Waals surface area contributed by atoms with E-state index >= 15 is 0 Å². The van der Waals surface area contributed by atoms with Crippen LogP contribution in [0.3, 0.4) is 0 Å². The van der Waals surface area contributed by atoms with Crippen molar-refractivity contribution in [3.8, 4) is 0 Å². The molecule has 0 bridgehead atoms. The van der Waals surface area contributed by atoms with Crippen LogP contribution in [0.1, 0.15) is 91.5 Å². The fourth-order valence-corrected chi connectivity index (χ4v) is 8.90. The van der Waals surface area contributed by atoms with Crippen molar-refractivity contribution in [2.24, 2.45) is 0 Å². The number of hydrogen-bond acceptors (Lipinski definition) is 0. The number of hydrogen-bond donors (Lipinski definition) is 0. The lowest BCUT2D eigenvalue weighted by molar-refractivity contribution is 0.553. The maximum absolute atomic E-state index is 2.50. The minimum absolute atomic E-state index is 0.0433. The van der Waals surface area contributed by atoms with Crippen molar-refractivity contribution in [3.05, 3.63) is 117 Å². The molecule has 0 saturated heterocycles. The molecule has 0 nitrogen and oxygen atoms in total. The van der Waals surface area contributed by atoms with E-state index in [2.05, 4.69) is 142 Å². The third-order valence-electron chi connectivity index (χ3n) is 10.9. The van der Waals surface area contributed by atoms with E-state index in [0.717, 1.165) is 33.8 Å². The summed E-state index contributed by atoms with van der Waals surface area (Å²) in [5.74, 6) is 0. The van der Waals surface area contributed by atoms with E-state index in [4.69, 9.17) is 0 Å². The van der Waals surface area contributed by atoms with Gasteiger partial charge in [-0.1, -0.05) is 142 Å². The number of rotatable bonds is 9. The van der Waals surface area contributed by atoms with Gasteiger partial charge < -0.3 is 0 Å². The summed E-state index contributed by atoms with van der Waals surface area (Å²) >= 11 is 0. The van der Waals surface area contributed by atoms with Crippen LogP contribution in [-0.2, 0) is 10.6 Å². The largest absolute Gasteiger partial charge is 0.171 e. The van der Waals surface area contributed by atoms with Crippen LogP contribution in [-0.4, -0.2) is 14.6 Å². The lowest BCUT2D eigenvalue weighted by Crippen LogP contribution is -2.43. The molecular weight excluding hydrogens is 514 g/mol. The first-order chi connectivity index (χ1) is 20.5. The molecule has 5 aromatic carbocycles. The van der Waals surface area contributed by atoms with Gasteiger partial charge in [0.1, 0.15) is 0 Å². The topological polar surface area (TPSA) is 0 Å². The van der Waals surface area contributed by atoms with Crippen molar-refractivity contribution in [1.82, 2.24) is 0 Å². The van der Waals surface area contributed by atoms with E-state index in [1.165, 1.54) is 71.4 Å². The Balaban J connectivity index is 1.77. The summed E-state index contributed by atoms with van der Waals surface area (Å²) in [6.07, 6.45) is 3.35. The van der Waals surface area contributed by atoms with Crippen LogP contribution in [0.5, 0.6) is 0 Å². The predicted molar refractivity (Wildman–Crippen MR) is 196 cm³/mol. The number of fused-ring (bicyclic) bond motifs is 2. The summed E-state index contributed by atoms with van der Waals surface area (Å²) in [6, 6.07) is 28.1. The first-order valence-electron chi connectivity index (χ1n) is 16.6. The summed E-state index contributed by atoms with van der Waals surface area (Å²) in [5.41, 5.74) is 14.5. The fraction of sp³-hybridized carbons (Fsp3) is 0.366. The molecule has 0 heterocycles. The molecule has 0 N–H and O–H groups in total. The molecule has 0 amide bonds. The maximum Gasteiger partial charge on any atom is 0.171 e. The quantitative estimate of drug-likeness (QED) is 0.124. The SMILES string of the molecule is CCC(C)(Bc1c2ccccc2c(BC(CC)(CC)c2c(C)cc(C)cc2C)c2ccccc12)c1c(C)cc(C)cc1C. The fourth-order valence-electron chi connectivity index (χ4n) is 8.90. The highest BCUT2D eigenvalue weighted by Gasteiger charge is 2.36. The van der Waals surface area contributed by atoms with Crippen molar-refractivity contribution in [2.75, 3.05) is 0 Å². The normalized spacial score (nSPS) is 13.3. The van der Waals surface area contributed by atoms with Gasteiger partial charge in [-0.3, -0.25) is 0 Å². The summed E-state index contributed by atoms with van der Waals surface area (Å²) in [6.45, 7) is 23.4. The Morgan fingerprint density at radius 1 is 0.488 bits per heavy atom. The summed E-state index contributed by atoms with van der Waals surface area (Å²) in [4.78, 5) is 0. The average molecular weight is 564 g/mol. The zero-order chi connectivity index (χ0) is 31.1. The van der Waals surface area contributed by atoms with Gasteiger partial charge in [0.15, 0.2) is 14.6 Å². The molecule has 2 heteroatoms. The Bertz CT molecular complexity index is 1700. The molecule has 1 unspecified atom stereocenters. The molecule has 0 aromatic heterocycles. The summed E-state index contributed by atoms with van der Waals surface area (Å²) in [5, 5.41) is 5.85. The number of aryl methyl sites for hydroxylation is 6. The molecule has 5 aromatic rings. The van der Waals surface area contributed by atoms with Crippen molar-refractivity contribution < 1.29 is 0 Å². The Kier molecular flexibility index (Phi) is 8.72. The highest BCUT2D eigenvalue weighted by molar-refractivity contribution is 6.69. The Labute approximate surface area is 262 Å². The van der Waals surface area contributed by atoms with Crippen molar-refractivity contribution in [1.29, 1.82) is 0 Å². The van der Waals surface area contributed by atoms with Gasteiger partial charge in [-0.2, -0.15) is 0 Å². The van der Waals surface area contributed by atoms with Crippen LogP contribution in [0.4, 0.5) is 0 Å². The van der Waals surface area contributed by atoms with Crippen LogP contribution in [0.15, 0.2) is 72.8 Å². The third-order valence-corrected chi connectivity index (χ3v) is 10.9. The van der Waals surface area contributed by atoms with Crippen molar-refractivity contribution in [3.63, 3.8) is 0 Å². The van der Waals surface area contributed by atoms with E-state index in [1.54, 1.807) is 5.56 Å². The molecule has 0 aliphatic heterocycles. The minimum Gasteiger partial charge on any atom is -0.0682 e. The van der Waals surface area contributed by atoms with Crippen LogP contribution >= 0.6 is 0 Å². The predicted octanol–water partition coefficient (Wildman–Crippen LogP) is 9.01. The van der Waals surface area contributed by atoms with E-state index in [9.17, 15) is 0 Å². The maximum atomic E-state index is 2.50. The average Bonchev–Trinajstić information content (AvgIpc) is 2.97. The number of benzene rings is 5. The molecule has 0 fully saturated rings. The Morgan fingerprint density at radius 2 is 0.837 bits per heavy atom. The second-order valence-corrected chi connectivity index (χ2v) is 13.9. The van der Waals surface area contributed by atoms with Gasteiger partial charge >= 0.3 is 0 Å². The smallest absolute Gasteiger partial charge is 0.0682 e. The van der Waals surface area contributed by atoms with Gasteiger partial charge in [-0.05, 0) is 107 Å². The lowest BCUT2D eigenvalue weighted by Gasteiger charge is -2.36. The Hall–Kier alpha value is -3.25. The zero-order valence-corrected chi connectivity index (χ0v) is 28.5. The van der Waals surface area contributed by atoms with E-state index in [-0.39, 0.29) is 10.6 Å². The monoisotopic (exact) mass is 564 g/mol. The van der Waals surface area contributed by atoms with Crippen LogP contribution < -0.4 is 10.9 Å². The first-order valence-corrected chi connectivity index (χ1v) is 16.6. The third kappa shape index (κ3) is 5.48. The van der Waals surface area contributed by atoms with E-state index in [1.807, 2.05) is 0 Å². The zero-order valence-electron chi connectivity index (χ0n) is 28.5. The highest BCUT2D eigenvalue weighted by Crippen LogP contribution is 2.38. The van der Waals surface area contributed by atoms with Crippen LogP contribution in [0.25, 0.3) is 21.5 Å².